The van der Waals surface area contributed by atoms with Crippen LogP contribution in [0.15, 0.2) is 30.3 Å². The van der Waals surface area contributed by atoms with E-state index in [1.54, 1.807) is 36.0 Å². The van der Waals surface area contributed by atoms with E-state index in [2.05, 4.69) is 12.2 Å². The first-order valence-corrected chi connectivity index (χ1v) is 9.60. The van der Waals surface area contributed by atoms with Gasteiger partial charge in [0.05, 0.1) is 6.61 Å². The summed E-state index contributed by atoms with van der Waals surface area (Å²) in [7, 11) is 0. The van der Waals surface area contributed by atoms with Gasteiger partial charge in [-0.05, 0) is 37.0 Å². The Labute approximate surface area is 143 Å². The summed E-state index contributed by atoms with van der Waals surface area (Å²) in [4.78, 5) is 24.4. The second-order valence-corrected chi connectivity index (χ2v) is 6.39. The van der Waals surface area contributed by atoms with E-state index < -0.39 is 6.04 Å². The van der Waals surface area contributed by atoms with E-state index in [1.165, 1.54) is 0 Å². The van der Waals surface area contributed by atoms with Gasteiger partial charge in [0.15, 0.2) is 0 Å². The lowest BCUT2D eigenvalue weighted by Gasteiger charge is -2.17. The van der Waals surface area contributed by atoms with Gasteiger partial charge in [0.25, 0.3) is 5.91 Å². The number of thioether (sulfide) groups is 1. The van der Waals surface area contributed by atoms with Crippen LogP contribution in [0.2, 0.25) is 0 Å². The normalized spacial score (nSPS) is 11.7. The predicted octanol–water partition coefficient (Wildman–Crippen LogP) is 3.66. The molecule has 0 aliphatic rings. The number of nitrogens with one attached hydrogen (secondary N) is 1. The van der Waals surface area contributed by atoms with Gasteiger partial charge in [-0.1, -0.05) is 44.4 Å². The monoisotopic (exact) mass is 337 g/mol. The third-order valence-corrected chi connectivity index (χ3v) is 4.12. The quantitative estimate of drug-likeness (QED) is 0.494. The molecule has 1 unspecified atom stereocenters. The van der Waals surface area contributed by atoms with Gasteiger partial charge in [0.1, 0.15) is 6.04 Å². The summed E-state index contributed by atoms with van der Waals surface area (Å²) in [5.41, 5.74) is 0.553. The number of hydrogen-bond donors (Lipinski definition) is 1. The lowest BCUT2D eigenvalue weighted by Crippen LogP contribution is -2.42. The number of rotatable bonds is 11. The summed E-state index contributed by atoms with van der Waals surface area (Å²) < 4.78 is 5.32. The van der Waals surface area contributed by atoms with E-state index in [1.807, 2.05) is 12.3 Å². The highest BCUT2D eigenvalue weighted by atomic mass is 32.2. The number of benzene rings is 1. The Morgan fingerprint density at radius 3 is 2.57 bits per heavy atom. The highest BCUT2D eigenvalue weighted by Gasteiger charge is 2.22. The van der Waals surface area contributed by atoms with Crippen molar-refractivity contribution in [3.8, 4) is 0 Å². The number of amides is 1. The summed E-state index contributed by atoms with van der Waals surface area (Å²) in [5, 5.41) is 2.79. The first-order valence-electron chi connectivity index (χ1n) is 8.20. The molecule has 0 aromatic heterocycles. The zero-order valence-corrected chi connectivity index (χ0v) is 14.9. The van der Waals surface area contributed by atoms with Gasteiger partial charge in [-0.2, -0.15) is 11.8 Å². The lowest BCUT2D eigenvalue weighted by molar-refractivity contribution is -0.146. The minimum atomic E-state index is -0.582. The van der Waals surface area contributed by atoms with Gasteiger partial charge in [0, 0.05) is 5.56 Å². The summed E-state index contributed by atoms with van der Waals surface area (Å²) in [6.45, 7) is 2.57. The number of unbranched alkanes of at least 4 members (excludes halogenated alkanes) is 3. The maximum Gasteiger partial charge on any atom is 0.328 e. The van der Waals surface area contributed by atoms with Crippen molar-refractivity contribution >= 4 is 23.6 Å². The van der Waals surface area contributed by atoms with E-state index in [4.69, 9.17) is 4.74 Å². The van der Waals surface area contributed by atoms with Gasteiger partial charge in [0.2, 0.25) is 0 Å². The minimum Gasteiger partial charge on any atom is -0.464 e. The Morgan fingerprint density at radius 1 is 1.17 bits per heavy atom. The molecule has 0 aliphatic heterocycles. The zero-order chi connectivity index (χ0) is 16.9. The largest absolute Gasteiger partial charge is 0.464 e. The SMILES string of the molecule is CCCCCCOC(=O)C(CCSC)NC(=O)c1ccccc1. The molecule has 128 valence electrons. The van der Waals surface area contributed by atoms with Gasteiger partial charge in [-0.15, -0.1) is 0 Å². The molecule has 1 atom stereocenters. The van der Waals surface area contributed by atoms with Crippen molar-refractivity contribution in [1.29, 1.82) is 0 Å². The number of esters is 1. The second kappa shape index (κ2) is 12.0. The highest BCUT2D eigenvalue weighted by Crippen LogP contribution is 2.07. The Hall–Kier alpha value is -1.49. The maximum atomic E-state index is 12.2. The van der Waals surface area contributed by atoms with Crippen LogP contribution in [-0.4, -0.2) is 36.5 Å². The first kappa shape index (κ1) is 19.6. The molecule has 1 amide bonds. The van der Waals surface area contributed by atoms with Crippen molar-refractivity contribution in [3.63, 3.8) is 0 Å². The molecule has 0 heterocycles. The Kier molecular flexibility index (Phi) is 10.2. The van der Waals surface area contributed by atoms with E-state index in [0.717, 1.165) is 31.4 Å². The van der Waals surface area contributed by atoms with Crippen molar-refractivity contribution in [2.24, 2.45) is 0 Å². The molecule has 0 spiro atoms. The summed E-state index contributed by atoms with van der Waals surface area (Å²) in [5.74, 6) is 0.226. The number of carbonyl (C=O) groups excluding carboxylic acids is 2. The predicted molar refractivity (Wildman–Crippen MR) is 95.8 cm³/mol. The van der Waals surface area contributed by atoms with Crippen molar-refractivity contribution in [1.82, 2.24) is 5.32 Å². The molecule has 0 bridgehead atoms. The minimum absolute atomic E-state index is 0.236. The van der Waals surface area contributed by atoms with E-state index in [9.17, 15) is 9.59 Å². The zero-order valence-electron chi connectivity index (χ0n) is 14.0. The molecule has 5 heteroatoms. The van der Waals surface area contributed by atoms with Crippen LogP contribution >= 0.6 is 11.8 Å². The highest BCUT2D eigenvalue weighted by molar-refractivity contribution is 7.98. The molecular weight excluding hydrogens is 310 g/mol. The van der Waals surface area contributed by atoms with E-state index in [-0.39, 0.29) is 11.9 Å². The molecule has 4 nitrogen and oxygen atoms in total. The second-order valence-electron chi connectivity index (χ2n) is 5.40. The summed E-state index contributed by atoms with van der Waals surface area (Å²) in [6, 6.07) is 8.34. The van der Waals surface area contributed by atoms with E-state index in [0.29, 0.717) is 18.6 Å². The topological polar surface area (TPSA) is 55.4 Å². The van der Waals surface area contributed by atoms with Crippen molar-refractivity contribution in [3.05, 3.63) is 35.9 Å². The summed E-state index contributed by atoms with van der Waals surface area (Å²) in [6.07, 6.45) is 6.80. The molecule has 0 saturated heterocycles. The van der Waals surface area contributed by atoms with Gasteiger partial charge >= 0.3 is 5.97 Å². The van der Waals surface area contributed by atoms with Crippen molar-refractivity contribution < 1.29 is 14.3 Å². The fourth-order valence-electron chi connectivity index (χ4n) is 2.12. The fourth-order valence-corrected chi connectivity index (χ4v) is 2.59. The Balaban J connectivity index is 2.50. The maximum absolute atomic E-state index is 12.2. The Bertz CT molecular complexity index is 465. The molecule has 1 aromatic carbocycles. The molecular formula is C18H27NO3S. The van der Waals surface area contributed by atoms with Gasteiger partial charge < -0.3 is 10.1 Å². The molecule has 0 fully saturated rings. The fraction of sp³-hybridized carbons (Fsp3) is 0.556. The van der Waals surface area contributed by atoms with Crippen LogP contribution in [0.1, 0.15) is 49.4 Å². The van der Waals surface area contributed by atoms with Crippen LogP contribution < -0.4 is 5.32 Å². The lowest BCUT2D eigenvalue weighted by atomic mass is 10.1. The number of ether oxygens (including phenoxy) is 1. The van der Waals surface area contributed by atoms with Crippen LogP contribution in [0.5, 0.6) is 0 Å². The molecule has 0 saturated carbocycles. The molecule has 1 rings (SSSR count). The summed E-state index contributed by atoms with van der Waals surface area (Å²) >= 11 is 1.65. The van der Waals surface area contributed by atoms with Crippen LogP contribution in [0.3, 0.4) is 0 Å². The molecule has 0 aliphatic carbocycles. The van der Waals surface area contributed by atoms with Crippen molar-refractivity contribution in [2.45, 2.75) is 45.1 Å². The molecule has 1 aromatic rings. The van der Waals surface area contributed by atoms with Crippen LogP contribution in [0, 0.1) is 0 Å². The average molecular weight is 337 g/mol. The number of carbonyl (C=O) groups is 2. The van der Waals surface area contributed by atoms with E-state index >= 15 is 0 Å². The van der Waals surface area contributed by atoms with Crippen molar-refractivity contribution in [2.75, 3.05) is 18.6 Å². The van der Waals surface area contributed by atoms with Crippen LogP contribution in [-0.2, 0) is 9.53 Å². The standard InChI is InChI=1S/C18H27NO3S/c1-3-4-5-9-13-22-18(21)16(12-14-23-2)19-17(20)15-10-7-6-8-11-15/h6-8,10-11,16H,3-5,9,12-14H2,1-2H3,(H,19,20). The van der Waals surface area contributed by atoms with Crippen LogP contribution in [0.25, 0.3) is 0 Å². The third kappa shape index (κ3) is 8.07. The smallest absolute Gasteiger partial charge is 0.328 e. The van der Waals surface area contributed by atoms with Gasteiger partial charge in [-0.25, -0.2) is 4.79 Å². The number of hydrogen-bond acceptors (Lipinski definition) is 4. The Morgan fingerprint density at radius 2 is 1.91 bits per heavy atom. The first-order chi connectivity index (χ1) is 11.2. The third-order valence-electron chi connectivity index (χ3n) is 3.48. The molecule has 0 radical (unpaired) electrons. The van der Waals surface area contributed by atoms with Crippen LogP contribution in [0.4, 0.5) is 0 Å². The molecule has 1 N–H and O–H groups in total. The molecule has 23 heavy (non-hydrogen) atoms. The average Bonchev–Trinajstić information content (AvgIpc) is 2.58. The van der Waals surface area contributed by atoms with Gasteiger partial charge in [-0.3, -0.25) is 4.79 Å².